The molecule has 8 N–H and O–H groups in total. The molecule has 0 unspecified atom stereocenters. The van der Waals surface area contributed by atoms with E-state index >= 15 is 0 Å². The maximum atomic E-state index is 13.8. The first-order chi connectivity index (χ1) is 26.6. The van der Waals surface area contributed by atoms with E-state index in [0.29, 0.717) is 18.4 Å². The third-order valence-corrected chi connectivity index (χ3v) is 9.25. The number of carbonyl (C=O) groups is 7. The first kappa shape index (κ1) is 42.5. The predicted octanol–water partition coefficient (Wildman–Crippen LogP) is 1.91. The summed E-state index contributed by atoms with van der Waals surface area (Å²) in [5.74, 6) is -3.92. The fourth-order valence-electron chi connectivity index (χ4n) is 6.15. The van der Waals surface area contributed by atoms with E-state index in [0.717, 1.165) is 22.3 Å². The summed E-state index contributed by atoms with van der Waals surface area (Å²) in [6, 6.07) is 19.3. The van der Waals surface area contributed by atoms with Gasteiger partial charge in [-0.2, -0.15) is 0 Å². The number of unbranched alkanes of at least 4 members (excludes halogenated alkanes) is 1. The van der Waals surface area contributed by atoms with Gasteiger partial charge in [0.25, 0.3) is 0 Å². The number of hydrogen-bond acceptors (Lipinski definition) is 8. The van der Waals surface area contributed by atoms with Crippen LogP contribution in [0.2, 0.25) is 0 Å². The van der Waals surface area contributed by atoms with Crippen LogP contribution < -0.4 is 37.6 Å². The zero-order valence-electron chi connectivity index (χ0n) is 32.1. The molecule has 1 aliphatic rings. The molecular weight excluding hydrogens is 718 g/mol. The van der Waals surface area contributed by atoms with Gasteiger partial charge in [0, 0.05) is 26.3 Å². The van der Waals surface area contributed by atoms with E-state index in [2.05, 4.69) is 31.9 Å². The number of ether oxygens (including phenoxy) is 1. The van der Waals surface area contributed by atoms with Gasteiger partial charge in [-0.3, -0.25) is 28.8 Å². The van der Waals surface area contributed by atoms with Gasteiger partial charge in [0.15, 0.2) is 0 Å². The Bertz CT molecular complexity index is 1900. The molecule has 15 nitrogen and oxygen atoms in total. The Morgan fingerprint density at radius 2 is 1.55 bits per heavy atom. The fraction of sp³-hybridized carbons (Fsp3) is 0.390. The number of primary amides is 1. The van der Waals surface area contributed by atoms with E-state index in [9.17, 15) is 33.6 Å². The maximum Gasteiger partial charge on any atom is 0.407 e. The zero-order chi connectivity index (χ0) is 40.8. The highest BCUT2D eigenvalue weighted by molar-refractivity contribution is 5.97. The van der Waals surface area contributed by atoms with Crippen LogP contribution in [0.15, 0.2) is 78.9 Å². The number of hydrogen-bond donors (Lipinski definition) is 7. The van der Waals surface area contributed by atoms with Crippen molar-refractivity contribution in [2.75, 3.05) is 6.54 Å². The molecule has 0 aliphatic carbocycles. The van der Waals surface area contributed by atoms with Crippen LogP contribution in [0.1, 0.15) is 63.6 Å². The third kappa shape index (κ3) is 12.7. The molecule has 15 heteroatoms. The molecule has 3 aromatic rings. The standard InChI is InChI=1S/C41H51N7O8/c1-25-36(51)46-33(35(42)50)22-28-15-12-17-29(21-28)31-18-9-8-16-30(31)23-34(45-26(2)49)38(53)48-41(3,4)39(54)47-32(37(52)44-25)19-10-11-20-43-40(55)56-24-27-13-6-5-7-14-27/h5-9,12-18,21,25,32-34H,10-11,19-20,22-24H2,1-4H3,(H2,42,50)(H,43,55)(H,44,52)(H,45,49)(H,46,51)(H,47,54)(H,48,53)/t25-,32-,33-,34-/m0/s1. The minimum atomic E-state index is -1.57. The van der Waals surface area contributed by atoms with Gasteiger partial charge in [-0.1, -0.05) is 78.9 Å². The summed E-state index contributed by atoms with van der Waals surface area (Å²) in [7, 11) is 0. The first-order valence-electron chi connectivity index (χ1n) is 18.5. The minimum Gasteiger partial charge on any atom is -0.445 e. The van der Waals surface area contributed by atoms with Crippen LogP contribution >= 0.6 is 0 Å². The molecule has 1 aliphatic heterocycles. The van der Waals surface area contributed by atoms with Crippen molar-refractivity contribution in [1.29, 1.82) is 0 Å². The average molecular weight is 770 g/mol. The van der Waals surface area contributed by atoms with Crippen molar-refractivity contribution < 1.29 is 38.3 Å². The summed E-state index contributed by atoms with van der Waals surface area (Å²) in [4.78, 5) is 91.6. The highest BCUT2D eigenvalue weighted by atomic mass is 16.5. The summed E-state index contributed by atoms with van der Waals surface area (Å²) in [5.41, 5.74) is 7.91. The Morgan fingerprint density at radius 1 is 0.839 bits per heavy atom. The monoisotopic (exact) mass is 769 g/mol. The van der Waals surface area contributed by atoms with E-state index in [1.807, 2.05) is 60.7 Å². The Balaban J connectivity index is 1.57. The number of carbonyl (C=O) groups excluding carboxylic acids is 7. The summed E-state index contributed by atoms with van der Waals surface area (Å²) in [6.07, 6.45) is 0.385. The fourth-order valence-corrected chi connectivity index (χ4v) is 6.15. The molecule has 0 saturated carbocycles. The largest absolute Gasteiger partial charge is 0.445 e. The number of nitrogens with one attached hydrogen (secondary N) is 6. The molecule has 4 rings (SSSR count). The van der Waals surface area contributed by atoms with Gasteiger partial charge in [0.2, 0.25) is 35.4 Å². The van der Waals surface area contributed by atoms with E-state index in [1.165, 1.54) is 27.7 Å². The summed E-state index contributed by atoms with van der Waals surface area (Å²) < 4.78 is 5.23. The second-order valence-corrected chi connectivity index (χ2v) is 14.3. The number of alkyl carbamates (subject to hydrolysis) is 1. The van der Waals surface area contributed by atoms with Crippen molar-refractivity contribution in [3.05, 3.63) is 95.6 Å². The SMILES string of the molecule is CC(=O)N[C@H]1Cc2ccccc2-c2cccc(c2)C[C@@H](C(N)=O)NC(=O)[C@H](C)NC(=O)[C@H](CCCCNC(=O)OCc2ccccc2)NC(=O)C(C)(C)NC1=O. The van der Waals surface area contributed by atoms with E-state index in [-0.39, 0.29) is 32.4 Å². The quantitative estimate of drug-likeness (QED) is 0.159. The molecule has 3 aromatic carbocycles. The Morgan fingerprint density at radius 3 is 2.27 bits per heavy atom. The van der Waals surface area contributed by atoms with Crippen LogP contribution in [-0.4, -0.2) is 77.8 Å². The number of fused-ring (bicyclic) bond motifs is 4. The van der Waals surface area contributed by atoms with Gasteiger partial charge in [-0.15, -0.1) is 0 Å². The maximum absolute atomic E-state index is 13.8. The van der Waals surface area contributed by atoms with Crippen LogP contribution in [0.4, 0.5) is 4.79 Å². The second-order valence-electron chi connectivity index (χ2n) is 14.3. The lowest BCUT2D eigenvalue weighted by atomic mass is 9.92. The summed E-state index contributed by atoms with van der Waals surface area (Å²) in [5, 5.41) is 16.0. The van der Waals surface area contributed by atoms with Crippen LogP contribution in [0.25, 0.3) is 11.1 Å². The molecule has 0 radical (unpaired) electrons. The topological polar surface area (TPSA) is 227 Å². The van der Waals surface area contributed by atoms with Crippen LogP contribution in [0, 0.1) is 0 Å². The zero-order valence-corrected chi connectivity index (χ0v) is 32.1. The Kier molecular flexibility index (Phi) is 15.1. The second kappa shape index (κ2) is 19.9. The van der Waals surface area contributed by atoms with E-state index < -0.39 is 71.2 Å². The van der Waals surface area contributed by atoms with Gasteiger partial charge < -0.3 is 42.4 Å². The molecule has 0 aromatic heterocycles. The van der Waals surface area contributed by atoms with Crippen molar-refractivity contribution >= 4 is 41.5 Å². The van der Waals surface area contributed by atoms with Gasteiger partial charge >= 0.3 is 6.09 Å². The first-order valence-corrected chi connectivity index (χ1v) is 18.5. The van der Waals surface area contributed by atoms with Crippen molar-refractivity contribution in [1.82, 2.24) is 31.9 Å². The molecule has 1 heterocycles. The van der Waals surface area contributed by atoms with E-state index in [4.69, 9.17) is 10.5 Å². The van der Waals surface area contributed by atoms with E-state index in [1.54, 1.807) is 18.2 Å². The molecule has 7 amide bonds. The van der Waals surface area contributed by atoms with Crippen LogP contribution in [0.3, 0.4) is 0 Å². The molecule has 2 bridgehead atoms. The summed E-state index contributed by atoms with van der Waals surface area (Å²) in [6.45, 7) is 5.99. The molecule has 0 fully saturated rings. The smallest absolute Gasteiger partial charge is 0.407 e. The van der Waals surface area contributed by atoms with Crippen molar-refractivity contribution in [2.45, 2.75) is 96.1 Å². The molecule has 0 saturated heterocycles. The van der Waals surface area contributed by atoms with Gasteiger partial charge in [-0.25, -0.2) is 4.79 Å². The molecule has 4 atom stereocenters. The minimum absolute atomic E-state index is 0.0519. The van der Waals surface area contributed by atoms with Crippen LogP contribution in [-0.2, 0) is 53.0 Å². The lowest BCUT2D eigenvalue weighted by Gasteiger charge is -2.30. The molecule has 56 heavy (non-hydrogen) atoms. The van der Waals surface area contributed by atoms with Gasteiger partial charge in [0.05, 0.1) is 0 Å². The highest BCUT2D eigenvalue weighted by Gasteiger charge is 2.36. The Labute approximate surface area is 326 Å². The van der Waals surface area contributed by atoms with Gasteiger partial charge in [-0.05, 0) is 67.9 Å². The molecular formula is C41H51N7O8. The van der Waals surface area contributed by atoms with Crippen molar-refractivity contribution in [2.24, 2.45) is 5.73 Å². The lowest BCUT2D eigenvalue weighted by molar-refractivity contribution is -0.137. The number of rotatable bonds is 9. The lowest BCUT2D eigenvalue weighted by Crippen LogP contribution is -2.62. The number of amides is 7. The third-order valence-electron chi connectivity index (χ3n) is 9.25. The normalized spacial score (nSPS) is 20.4. The molecule has 0 spiro atoms. The average Bonchev–Trinajstić information content (AvgIpc) is 3.15. The van der Waals surface area contributed by atoms with Crippen LogP contribution in [0.5, 0.6) is 0 Å². The molecule has 298 valence electrons. The predicted molar refractivity (Wildman–Crippen MR) is 208 cm³/mol. The highest BCUT2D eigenvalue weighted by Crippen LogP contribution is 2.26. The number of nitrogens with two attached hydrogens (primary N) is 1. The summed E-state index contributed by atoms with van der Waals surface area (Å²) >= 11 is 0. The number of benzene rings is 3. The van der Waals surface area contributed by atoms with Crippen molar-refractivity contribution in [3.8, 4) is 11.1 Å². The Hall–Kier alpha value is -6.25. The van der Waals surface area contributed by atoms with Gasteiger partial charge in [0.1, 0.15) is 36.3 Å². The van der Waals surface area contributed by atoms with Crippen molar-refractivity contribution in [3.63, 3.8) is 0 Å².